The average Bonchev–Trinajstić information content (AvgIpc) is 2.15. The zero-order valence-corrected chi connectivity index (χ0v) is 8.55. The van der Waals surface area contributed by atoms with Crippen LogP contribution in [0.15, 0.2) is 0 Å². The minimum atomic E-state index is 0.273. The number of amides is 1. The van der Waals surface area contributed by atoms with Gasteiger partial charge >= 0.3 is 0 Å². The van der Waals surface area contributed by atoms with E-state index in [1.54, 1.807) is 0 Å². The molecule has 1 rings (SSSR count). The molecule has 0 spiro atoms. The zero-order valence-electron chi connectivity index (χ0n) is 8.55. The third kappa shape index (κ3) is 3.77. The van der Waals surface area contributed by atoms with Crippen LogP contribution in [0.25, 0.3) is 0 Å². The van der Waals surface area contributed by atoms with Gasteiger partial charge in [0.15, 0.2) is 0 Å². The average molecular weight is 183 g/mol. The molecule has 1 saturated heterocycles. The number of hydrogen-bond donors (Lipinski definition) is 1. The summed E-state index contributed by atoms with van der Waals surface area (Å²) in [5.74, 6) is 0.780. The van der Waals surface area contributed by atoms with E-state index < -0.39 is 0 Å². The lowest BCUT2D eigenvalue weighted by Gasteiger charge is -2.27. The molecule has 3 nitrogen and oxygen atoms in total. The quantitative estimate of drug-likeness (QED) is 0.697. The maximum Gasteiger partial charge on any atom is 0.222 e. The van der Waals surface area contributed by atoms with Crippen molar-refractivity contribution < 1.29 is 4.79 Å². The fourth-order valence-electron chi connectivity index (χ4n) is 1.38. The number of nitrogens with one attached hydrogen (secondary N) is 1. The summed E-state index contributed by atoms with van der Waals surface area (Å²) in [6.07, 6.45) is 2.67. The van der Waals surface area contributed by atoms with E-state index in [1.165, 1.54) is 0 Å². The summed E-state index contributed by atoms with van der Waals surface area (Å²) in [7, 11) is 0. The van der Waals surface area contributed by atoms with Crippen LogP contribution in [0.1, 0.15) is 20.3 Å². The van der Waals surface area contributed by atoms with Gasteiger partial charge in [0.25, 0.3) is 0 Å². The molecular formula is C10H19N2O. The van der Waals surface area contributed by atoms with Gasteiger partial charge in [-0.1, -0.05) is 13.8 Å². The molecule has 3 heteroatoms. The number of piperazine rings is 1. The highest BCUT2D eigenvalue weighted by Gasteiger charge is 2.15. The van der Waals surface area contributed by atoms with E-state index in [2.05, 4.69) is 25.6 Å². The van der Waals surface area contributed by atoms with Crippen LogP contribution in [0.3, 0.4) is 0 Å². The largest absolute Gasteiger partial charge is 0.340 e. The summed E-state index contributed by atoms with van der Waals surface area (Å²) in [6.45, 7) is 7.81. The fraction of sp³-hybridized carbons (Fsp3) is 0.800. The second-order valence-electron chi connectivity index (χ2n) is 3.81. The van der Waals surface area contributed by atoms with Crippen LogP contribution in [0, 0.1) is 12.3 Å². The molecule has 1 aliphatic heterocycles. The van der Waals surface area contributed by atoms with Gasteiger partial charge in [0.1, 0.15) is 0 Å². The van der Waals surface area contributed by atoms with Crippen molar-refractivity contribution in [3.8, 4) is 0 Å². The predicted molar refractivity (Wildman–Crippen MR) is 53.2 cm³/mol. The molecule has 0 bridgehead atoms. The maximum absolute atomic E-state index is 11.6. The van der Waals surface area contributed by atoms with Gasteiger partial charge in [-0.25, -0.2) is 0 Å². The number of carbonyl (C=O) groups excluding carboxylic acids is 1. The summed E-state index contributed by atoms with van der Waals surface area (Å²) in [4.78, 5) is 13.5. The summed E-state index contributed by atoms with van der Waals surface area (Å²) < 4.78 is 0. The summed E-state index contributed by atoms with van der Waals surface area (Å²) in [5.41, 5.74) is 0. The smallest absolute Gasteiger partial charge is 0.222 e. The lowest BCUT2D eigenvalue weighted by atomic mass is 10.1. The first-order chi connectivity index (χ1) is 6.20. The Morgan fingerprint density at radius 1 is 1.46 bits per heavy atom. The van der Waals surface area contributed by atoms with E-state index in [0.717, 1.165) is 26.2 Å². The van der Waals surface area contributed by atoms with Crippen molar-refractivity contribution in [2.45, 2.75) is 20.3 Å². The standard InChI is InChI=1S/C10H19N2O/c1-9(2)3-4-10(13)12-7-5-11-6-8-12/h3,9,11H,4-8H2,1-2H3. The number of rotatable bonds is 3. The molecule has 0 aromatic heterocycles. The number of hydrogen-bond acceptors (Lipinski definition) is 2. The lowest BCUT2D eigenvalue weighted by Crippen LogP contribution is -2.46. The van der Waals surface area contributed by atoms with Crippen LogP contribution < -0.4 is 5.32 Å². The van der Waals surface area contributed by atoms with E-state index >= 15 is 0 Å². The fourth-order valence-corrected chi connectivity index (χ4v) is 1.38. The molecule has 13 heavy (non-hydrogen) atoms. The van der Waals surface area contributed by atoms with Crippen LogP contribution in [-0.2, 0) is 4.79 Å². The topological polar surface area (TPSA) is 32.3 Å². The van der Waals surface area contributed by atoms with Crippen molar-refractivity contribution in [3.05, 3.63) is 6.42 Å². The monoisotopic (exact) mass is 183 g/mol. The summed E-state index contributed by atoms with van der Waals surface area (Å²) in [6, 6.07) is 0. The van der Waals surface area contributed by atoms with Crippen molar-refractivity contribution in [1.82, 2.24) is 10.2 Å². The molecule has 1 N–H and O–H groups in total. The van der Waals surface area contributed by atoms with Crippen molar-refractivity contribution in [2.75, 3.05) is 26.2 Å². The van der Waals surface area contributed by atoms with Gasteiger partial charge in [-0.15, -0.1) is 0 Å². The van der Waals surface area contributed by atoms with E-state index in [1.807, 2.05) is 4.90 Å². The van der Waals surface area contributed by atoms with E-state index in [0.29, 0.717) is 12.3 Å². The molecule has 1 radical (unpaired) electrons. The molecule has 0 atom stereocenters. The van der Waals surface area contributed by atoms with Gasteiger partial charge in [0.2, 0.25) is 5.91 Å². The third-order valence-corrected chi connectivity index (χ3v) is 2.23. The van der Waals surface area contributed by atoms with Gasteiger partial charge < -0.3 is 10.2 Å². The molecule has 0 saturated carbocycles. The van der Waals surface area contributed by atoms with Crippen LogP contribution >= 0.6 is 0 Å². The van der Waals surface area contributed by atoms with Crippen LogP contribution in [0.5, 0.6) is 0 Å². The van der Waals surface area contributed by atoms with Gasteiger partial charge in [-0.2, -0.15) is 0 Å². The molecule has 1 aliphatic rings. The second kappa shape index (κ2) is 5.22. The second-order valence-corrected chi connectivity index (χ2v) is 3.81. The molecule has 75 valence electrons. The van der Waals surface area contributed by atoms with E-state index in [9.17, 15) is 4.79 Å². The first kappa shape index (κ1) is 10.5. The lowest BCUT2D eigenvalue weighted by molar-refractivity contribution is -0.131. The van der Waals surface area contributed by atoms with Gasteiger partial charge in [-0.3, -0.25) is 4.79 Å². The molecule has 1 fully saturated rings. The summed E-state index contributed by atoms with van der Waals surface area (Å²) in [5, 5.41) is 3.23. The highest BCUT2D eigenvalue weighted by Crippen LogP contribution is 2.05. The Balaban J connectivity index is 2.21. The molecule has 0 aromatic carbocycles. The Labute approximate surface area is 80.5 Å². The summed E-state index contributed by atoms with van der Waals surface area (Å²) >= 11 is 0. The van der Waals surface area contributed by atoms with Crippen molar-refractivity contribution >= 4 is 5.91 Å². The Hall–Kier alpha value is -0.570. The molecule has 0 unspecified atom stereocenters. The predicted octanol–water partition coefficient (Wildman–Crippen LogP) is 0.669. The van der Waals surface area contributed by atoms with Crippen LogP contribution in [0.2, 0.25) is 0 Å². The number of nitrogens with zero attached hydrogens (tertiary/aromatic N) is 1. The Bertz CT molecular complexity index is 162. The molecule has 0 aromatic rings. The molecule has 0 aliphatic carbocycles. The van der Waals surface area contributed by atoms with Crippen LogP contribution in [0.4, 0.5) is 0 Å². The van der Waals surface area contributed by atoms with Gasteiger partial charge in [0.05, 0.1) is 0 Å². The minimum Gasteiger partial charge on any atom is -0.340 e. The highest BCUT2D eigenvalue weighted by atomic mass is 16.2. The van der Waals surface area contributed by atoms with E-state index in [-0.39, 0.29) is 5.91 Å². The third-order valence-electron chi connectivity index (χ3n) is 2.23. The van der Waals surface area contributed by atoms with Gasteiger partial charge in [-0.05, 0) is 12.3 Å². The SMILES string of the molecule is CC(C)[CH]CC(=O)N1CCNCC1. The Kier molecular flexibility index (Phi) is 4.22. The van der Waals surface area contributed by atoms with Crippen molar-refractivity contribution in [1.29, 1.82) is 0 Å². The van der Waals surface area contributed by atoms with Gasteiger partial charge in [0, 0.05) is 32.6 Å². The normalized spacial score (nSPS) is 17.9. The first-order valence-corrected chi connectivity index (χ1v) is 5.02. The first-order valence-electron chi connectivity index (χ1n) is 5.02. The number of carbonyl (C=O) groups is 1. The zero-order chi connectivity index (χ0) is 9.68. The molecule has 1 amide bonds. The molecular weight excluding hydrogens is 164 g/mol. The maximum atomic E-state index is 11.6. The van der Waals surface area contributed by atoms with E-state index in [4.69, 9.17) is 0 Å². The Morgan fingerprint density at radius 3 is 2.62 bits per heavy atom. The minimum absolute atomic E-state index is 0.273. The van der Waals surface area contributed by atoms with Crippen molar-refractivity contribution in [3.63, 3.8) is 0 Å². The van der Waals surface area contributed by atoms with Crippen molar-refractivity contribution in [2.24, 2.45) is 5.92 Å². The van der Waals surface area contributed by atoms with Crippen LogP contribution in [-0.4, -0.2) is 37.0 Å². The highest BCUT2D eigenvalue weighted by molar-refractivity contribution is 5.77. The molecule has 1 heterocycles. The Morgan fingerprint density at radius 2 is 2.08 bits per heavy atom.